The third-order valence-electron chi connectivity index (χ3n) is 2.36. The zero-order valence-corrected chi connectivity index (χ0v) is 8.52. The van der Waals surface area contributed by atoms with Crippen LogP contribution in [0, 0.1) is 5.82 Å². The van der Waals surface area contributed by atoms with Gasteiger partial charge in [0.25, 0.3) is 0 Å². The van der Waals surface area contributed by atoms with E-state index in [0.717, 1.165) is 18.6 Å². The second-order valence-corrected chi connectivity index (χ2v) is 4.66. The van der Waals surface area contributed by atoms with Crippen molar-refractivity contribution in [2.75, 3.05) is 5.75 Å². The van der Waals surface area contributed by atoms with Gasteiger partial charge in [0.2, 0.25) is 0 Å². The number of thioether (sulfide) groups is 1. The van der Waals surface area contributed by atoms with Gasteiger partial charge in [-0.3, -0.25) is 4.79 Å². The molecule has 1 heterocycles. The Labute approximate surface area is 86.7 Å². The van der Waals surface area contributed by atoms with Gasteiger partial charge in [-0.15, -0.1) is 0 Å². The minimum Gasteiger partial charge on any atom is -0.293 e. The van der Waals surface area contributed by atoms with Crippen LogP contribution in [-0.4, -0.2) is 16.8 Å². The van der Waals surface area contributed by atoms with Crippen molar-refractivity contribution in [2.45, 2.75) is 18.1 Å². The smallest absolute Gasteiger partial charge is 0.178 e. The van der Waals surface area contributed by atoms with Gasteiger partial charge in [-0.2, -0.15) is 11.8 Å². The van der Waals surface area contributed by atoms with Gasteiger partial charge in [-0.05, 0) is 30.7 Å². The van der Waals surface area contributed by atoms with Gasteiger partial charge in [0, 0.05) is 0 Å². The lowest BCUT2D eigenvalue weighted by atomic mass is 10.1. The quantitative estimate of drug-likeness (QED) is 0.698. The summed E-state index contributed by atoms with van der Waals surface area (Å²) in [5.41, 5.74) is 0.243. The number of hydrogen-bond donors (Lipinski definition) is 0. The number of halogens is 1. The topological polar surface area (TPSA) is 17.1 Å². The molecule has 1 aromatic rings. The Morgan fingerprint density at radius 3 is 2.86 bits per heavy atom. The maximum Gasteiger partial charge on any atom is 0.178 e. The van der Waals surface area contributed by atoms with Crippen molar-refractivity contribution < 1.29 is 9.18 Å². The van der Waals surface area contributed by atoms with Crippen LogP contribution in [0.15, 0.2) is 24.3 Å². The molecule has 14 heavy (non-hydrogen) atoms. The highest BCUT2D eigenvalue weighted by Gasteiger charge is 2.25. The van der Waals surface area contributed by atoms with E-state index in [2.05, 4.69) is 0 Å². The van der Waals surface area contributed by atoms with Crippen molar-refractivity contribution >= 4 is 17.5 Å². The number of rotatable bonds is 2. The molecule has 1 aliphatic rings. The van der Waals surface area contributed by atoms with E-state index in [1.54, 1.807) is 30.0 Å². The molecular weight excluding hydrogens is 199 g/mol. The van der Waals surface area contributed by atoms with E-state index in [9.17, 15) is 9.18 Å². The molecule has 2 rings (SSSR count). The van der Waals surface area contributed by atoms with Crippen LogP contribution in [0.2, 0.25) is 0 Å². The minimum atomic E-state index is -0.398. The van der Waals surface area contributed by atoms with Crippen molar-refractivity contribution in [1.29, 1.82) is 0 Å². The van der Waals surface area contributed by atoms with Gasteiger partial charge in [0.1, 0.15) is 5.82 Å². The zero-order valence-electron chi connectivity index (χ0n) is 7.70. The number of ketones is 1. The standard InChI is InChI=1S/C11H11FOS/c12-9-5-2-1-4-8(9)11(13)10-6-3-7-14-10/h1-2,4-5,10H,3,6-7H2. The predicted octanol–water partition coefficient (Wildman–Crippen LogP) is 2.90. The summed E-state index contributed by atoms with van der Waals surface area (Å²) in [5.74, 6) is 0.570. The highest BCUT2D eigenvalue weighted by molar-refractivity contribution is 8.00. The van der Waals surface area contributed by atoms with Gasteiger partial charge < -0.3 is 0 Å². The molecule has 0 radical (unpaired) electrons. The first-order valence-corrected chi connectivity index (χ1v) is 5.74. The number of carbonyl (C=O) groups excluding carboxylic acids is 1. The molecule has 1 saturated heterocycles. The third-order valence-corrected chi connectivity index (χ3v) is 3.74. The Morgan fingerprint density at radius 1 is 1.43 bits per heavy atom. The first kappa shape index (κ1) is 9.71. The SMILES string of the molecule is O=C(c1ccccc1F)C1CCCS1. The Bertz CT molecular complexity index is 345. The summed E-state index contributed by atoms with van der Waals surface area (Å²) < 4.78 is 13.3. The van der Waals surface area contributed by atoms with Crippen molar-refractivity contribution in [1.82, 2.24) is 0 Å². The molecular formula is C11H11FOS. The van der Waals surface area contributed by atoms with E-state index in [4.69, 9.17) is 0 Å². The zero-order chi connectivity index (χ0) is 9.97. The number of carbonyl (C=O) groups is 1. The van der Waals surface area contributed by atoms with E-state index < -0.39 is 5.82 Å². The Kier molecular flexibility index (Phi) is 2.87. The summed E-state index contributed by atoms with van der Waals surface area (Å²) in [6, 6.07) is 6.22. The lowest BCUT2D eigenvalue weighted by Crippen LogP contribution is -2.15. The molecule has 1 atom stereocenters. The van der Waals surface area contributed by atoms with Crippen LogP contribution in [0.1, 0.15) is 23.2 Å². The summed E-state index contributed by atoms with van der Waals surface area (Å²) in [6.45, 7) is 0. The summed E-state index contributed by atoms with van der Waals surface area (Å²) in [4.78, 5) is 11.8. The summed E-state index contributed by atoms with van der Waals surface area (Å²) in [5, 5.41) is -0.0214. The fourth-order valence-corrected chi connectivity index (χ4v) is 2.85. The molecule has 0 N–H and O–H groups in total. The van der Waals surface area contributed by atoms with E-state index in [1.165, 1.54) is 6.07 Å². The summed E-state index contributed by atoms with van der Waals surface area (Å²) in [7, 11) is 0. The van der Waals surface area contributed by atoms with Crippen molar-refractivity contribution in [3.8, 4) is 0 Å². The van der Waals surface area contributed by atoms with Crippen molar-refractivity contribution in [3.05, 3.63) is 35.6 Å². The van der Waals surface area contributed by atoms with Gasteiger partial charge in [0.05, 0.1) is 10.8 Å². The predicted molar refractivity (Wildman–Crippen MR) is 56.2 cm³/mol. The Hall–Kier alpha value is -0.830. The van der Waals surface area contributed by atoms with Gasteiger partial charge >= 0.3 is 0 Å². The van der Waals surface area contributed by atoms with E-state index >= 15 is 0 Å². The number of Topliss-reactive ketones (excluding diaryl/α,β-unsaturated/α-hetero) is 1. The first-order valence-electron chi connectivity index (χ1n) is 4.69. The fourth-order valence-electron chi connectivity index (χ4n) is 1.62. The second kappa shape index (κ2) is 4.13. The van der Waals surface area contributed by atoms with Crippen LogP contribution in [-0.2, 0) is 0 Å². The van der Waals surface area contributed by atoms with E-state index in [-0.39, 0.29) is 16.6 Å². The molecule has 0 spiro atoms. The second-order valence-electron chi connectivity index (χ2n) is 3.35. The highest BCUT2D eigenvalue weighted by atomic mass is 32.2. The first-order chi connectivity index (χ1) is 6.79. The van der Waals surface area contributed by atoms with Crippen molar-refractivity contribution in [2.24, 2.45) is 0 Å². The lowest BCUT2D eigenvalue weighted by Gasteiger charge is -2.07. The molecule has 0 bridgehead atoms. The number of hydrogen-bond acceptors (Lipinski definition) is 2. The molecule has 0 aromatic heterocycles. The van der Waals surface area contributed by atoms with Gasteiger partial charge in [0.15, 0.2) is 5.78 Å². The molecule has 3 heteroatoms. The normalized spacial score (nSPS) is 21.1. The largest absolute Gasteiger partial charge is 0.293 e. The number of benzene rings is 1. The Balaban J connectivity index is 2.22. The molecule has 1 nitrogen and oxygen atoms in total. The van der Waals surface area contributed by atoms with Crippen LogP contribution >= 0.6 is 11.8 Å². The van der Waals surface area contributed by atoms with Gasteiger partial charge in [-0.1, -0.05) is 12.1 Å². The monoisotopic (exact) mass is 210 g/mol. The van der Waals surface area contributed by atoms with Crippen molar-refractivity contribution in [3.63, 3.8) is 0 Å². The van der Waals surface area contributed by atoms with E-state index in [0.29, 0.717) is 0 Å². The maximum absolute atomic E-state index is 13.3. The van der Waals surface area contributed by atoms with Crippen LogP contribution in [0.25, 0.3) is 0 Å². The molecule has 1 aliphatic heterocycles. The molecule has 74 valence electrons. The van der Waals surface area contributed by atoms with Crippen LogP contribution in [0.5, 0.6) is 0 Å². The van der Waals surface area contributed by atoms with Crippen LogP contribution in [0.3, 0.4) is 0 Å². The Morgan fingerprint density at radius 2 is 2.21 bits per heavy atom. The highest BCUT2D eigenvalue weighted by Crippen LogP contribution is 2.29. The minimum absolute atomic E-state index is 0.0214. The molecule has 0 aliphatic carbocycles. The van der Waals surface area contributed by atoms with E-state index in [1.807, 2.05) is 0 Å². The molecule has 1 aromatic carbocycles. The average Bonchev–Trinajstić information content (AvgIpc) is 2.70. The third kappa shape index (κ3) is 1.82. The van der Waals surface area contributed by atoms with Crippen LogP contribution < -0.4 is 0 Å². The molecule has 0 saturated carbocycles. The molecule has 1 fully saturated rings. The average molecular weight is 210 g/mol. The molecule has 1 unspecified atom stereocenters. The molecule has 0 amide bonds. The van der Waals surface area contributed by atoms with Crippen LogP contribution in [0.4, 0.5) is 4.39 Å². The maximum atomic E-state index is 13.3. The summed E-state index contributed by atoms with van der Waals surface area (Å²) in [6.07, 6.45) is 1.95. The summed E-state index contributed by atoms with van der Waals surface area (Å²) >= 11 is 1.64. The fraction of sp³-hybridized carbons (Fsp3) is 0.364. The lowest BCUT2D eigenvalue weighted by molar-refractivity contribution is 0.0984. The van der Waals surface area contributed by atoms with Gasteiger partial charge in [-0.25, -0.2) is 4.39 Å².